The van der Waals surface area contributed by atoms with Crippen LogP contribution in [0, 0.1) is 0 Å². The van der Waals surface area contributed by atoms with Crippen LogP contribution in [0.15, 0.2) is 12.2 Å². The van der Waals surface area contributed by atoms with E-state index in [0.29, 0.717) is 11.9 Å². The summed E-state index contributed by atoms with van der Waals surface area (Å²) in [6.07, 6.45) is 22.9. The number of halogens is 1. The molecular weight excluding hydrogens is 352 g/mol. The zero-order chi connectivity index (χ0) is 17.0. The minimum absolute atomic E-state index is 0.155. The molecule has 0 fully saturated rings. The van der Waals surface area contributed by atoms with E-state index in [9.17, 15) is 4.79 Å². The van der Waals surface area contributed by atoms with Crippen LogP contribution in [0.2, 0.25) is 0 Å². The van der Waals surface area contributed by atoms with Gasteiger partial charge in [-0.1, -0.05) is 92.8 Å². The fourth-order valence-corrected chi connectivity index (χ4v) is 2.74. The van der Waals surface area contributed by atoms with Crippen molar-refractivity contribution in [2.24, 2.45) is 0 Å². The molecule has 23 heavy (non-hydrogen) atoms. The summed E-state index contributed by atoms with van der Waals surface area (Å²) in [5.41, 5.74) is 0. The van der Waals surface area contributed by atoms with Gasteiger partial charge in [-0.15, -0.1) is 0 Å². The first-order chi connectivity index (χ1) is 11.3. The van der Waals surface area contributed by atoms with Crippen molar-refractivity contribution in [3.63, 3.8) is 0 Å². The lowest BCUT2D eigenvalue weighted by Gasteiger charge is -2.02. The van der Waals surface area contributed by atoms with Gasteiger partial charge >= 0.3 is 5.97 Å². The van der Waals surface area contributed by atoms with Crippen LogP contribution >= 0.6 is 15.9 Å². The summed E-state index contributed by atoms with van der Waals surface area (Å²) in [5, 5.41) is 0.305. The average Bonchev–Trinajstić information content (AvgIpc) is 2.57. The molecule has 3 heteroatoms. The van der Waals surface area contributed by atoms with E-state index in [1.54, 1.807) is 0 Å². The standard InChI is InChI=1S/C20H37BrO2/c1-2-3-4-5-6-7-8-9-10-11-12-13-14-15-16-17-18-23-20(22)19-21/h9-10H,2-8,11-19H2,1H3/b10-9-. The highest BCUT2D eigenvalue weighted by atomic mass is 79.9. The van der Waals surface area contributed by atoms with Crippen LogP contribution in [0.4, 0.5) is 0 Å². The van der Waals surface area contributed by atoms with Gasteiger partial charge in [0.05, 0.1) is 6.61 Å². The number of unbranched alkanes of at least 4 members (excludes halogenated alkanes) is 12. The van der Waals surface area contributed by atoms with E-state index >= 15 is 0 Å². The van der Waals surface area contributed by atoms with Crippen LogP contribution < -0.4 is 0 Å². The number of allylic oxidation sites excluding steroid dienone is 2. The molecule has 0 radical (unpaired) electrons. The number of rotatable bonds is 17. The molecule has 0 bridgehead atoms. The van der Waals surface area contributed by atoms with Gasteiger partial charge < -0.3 is 4.74 Å². The molecule has 0 aliphatic carbocycles. The Kier molecular flexibility index (Phi) is 19.5. The first kappa shape index (κ1) is 22.7. The molecule has 0 rings (SSSR count). The van der Waals surface area contributed by atoms with Gasteiger partial charge in [0, 0.05) is 0 Å². The Morgan fingerprint density at radius 3 is 1.78 bits per heavy atom. The van der Waals surface area contributed by atoms with Crippen molar-refractivity contribution in [1.29, 1.82) is 0 Å². The summed E-state index contributed by atoms with van der Waals surface area (Å²) >= 11 is 3.08. The van der Waals surface area contributed by atoms with Crippen molar-refractivity contribution >= 4 is 21.9 Å². The quantitative estimate of drug-likeness (QED) is 0.116. The molecule has 0 aromatic heterocycles. The Morgan fingerprint density at radius 2 is 1.26 bits per heavy atom. The van der Waals surface area contributed by atoms with Crippen LogP contribution in [0.3, 0.4) is 0 Å². The minimum atomic E-state index is -0.155. The van der Waals surface area contributed by atoms with Crippen LogP contribution in [0.1, 0.15) is 96.8 Å². The zero-order valence-corrected chi connectivity index (χ0v) is 16.7. The van der Waals surface area contributed by atoms with Crippen molar-refractivity contribution in [2.75, 3.05) is 11.9 Å². The molecule has 0 spiro atoms. The minimum Gasteiger partial charge on any atom is -0.465 e. The SMILES string of the molecule is CCCCCCCC/C=C\CCCCCCCCOC(=O)CBr. The maximum atomic E-state index is 10.9. The maximum absolute atomic E-state index is 10.9. The Morgan fingerprint density at radius 1 is 0.783 bits per heavy atom. The van der Waals surface area contributed by atoms with Gasteiger partial charge in [0.25, 0.3) is 0 Å². The number of hydrogen-bond donors (Lipinski definition) is 0. The highest BCUT2D eigenvalue weighted by Gasteiger charge is 1.98. The van der Waals surface area contributed by atoms with E-state index in [0.717, 1.165) is 6.42 Å². The molecule has 0 unspecified atom stereocenters. The molecule has 136 valence electrons. The first-order valence-corrected chi connectivity index (χ1v) is 10.8. The molecule has 0 aliphatic heterocycles. The lowest BCUT2D eigenvalue weighted by atomic mass is 10.1. The largest absolute Gasteiger partial charge is 0.465 e. The number of ether oxygens (including phenoxy) is 1. The highest BCUT2D eigenvalue weighted by molar-refractivity contribution is 9.09. The predicted molar refractivity (Wildman–Crippen MR) is 104 cm³/mol. The molecule has 0 atom stereocenters. The molecule has 0 aromatic rings. The second-order valence-corrected chi connectivity index (χ2v) is 6.85. The third-order valence-electron chi connectivity index (χ3n) is 4.03. The van der Waals surface area contributed by atoms with Crippen LogP contribution in [-0.2, 0) is 9.53 Å². The van der Waals surface area contributed by atoms with Gasteiger partial charge in [-0.05, 0) is 32.1 Å². The summed E-state index contributed by atoms with van der Waals surface area (Å²) in [6.45, 7) is 2.84. The first-order valence-electron chi connectivity index (χ1n) is 9.67. The molecule has 0 amide bonds. The Hall–Kier alpha value is -0.310. The van der Waals surface area contributed by atoms with Crippen LogP contribution in [0.5, 0.6) is 0 Å². The third-order valence-corrected chi connectivity index (χ3v) is 4.49. The normalized spacial score (nSPS) is 11.2. The topological polar surface area (TPSA) is 26.3 Å². The second-order valence-electron chi connectivity index (χ2n) is 6.29. The fraction of sp³-hybridized carbons (Fsp3) is 0.850. The lowest BCUT2D eigenvalue weighted by molar-refractivity contribution is -0.140. The maximum Gasteiger partial charge on any atom is 0.316 e. The second kappa shape index (κ2) is 19.7. The van der Waals surface area contributed by atoms with Crippen molar-refractivity contribution in [1.82, 2.24) is 0 Å². The summed E-state index contributed by atoms with van der Waals surface area (Å²) in [5.74, 6) is -0.155. The Balaban J connectivity index is 3.09. The lowest BCUT2D eigenvalue weighted by Crippen LogP contribution is -2.06. The third kappa shape index (κ3) is 19.6. The van der Waals surface area contributed by atoms with Gasteiger partial charge in [0.1, 0.15) is 5.33 Å². The number of esters is 1. The molecule has 2 nitrogen and oxygen atoms in total. The van der Waals surface area contributed by atoms with Gasteiger partial charge in [0.2, 0.25) is 0 Å². The summed E-state index contributed by atoms with van der Waals surface area (Å²) in [4.78, 5) is 10.9. The van der Waals surface area contributed by atoms with Gasteiger partial charge in [-0.25, -0.2) is 0 Å². The summed E-state index contributed by atoms with van der Waals surface area (Å²) in [6, 6.07) is 0. The number of hydrogen-bond acceptors (Lipinski definition) is 2. The van der Waals surface area contributed by atoms with E-state index in [1.165, 1.54) is 83.5 Å². The Bertz CT molecular complexity index is 277. The Labute approximate surface area is 152 Å². The molecule has 0 aliphatic rings. The van der Waals surface area contributed by atoms with E-state index in [2.05, 4.69) is 35.0 Å². The van der Waals surface area contributed by atoms with Crippen molar-refractivity contribution in [3.05, 3.63) is 12.2 Å². The van der Waals surface area contributed by atoms with E-state index < -0.39 is 0 Å². The molecule has 0 saturated carbocycles. The predicted octanol–water partition coefficient (Wildman–Crippen LogP) is 6.96. The smallest absolute Gasteiger partial charge is 0.316 e. The monoisotopic (exact) mass is 388 g/mol. The molecule has 0 saturated heterocycles. The summed E-state index contributed by atoms with van der Waals surface area (Å²) < 4.78 is 5.02. The zero-order valence-electron chi connectivity index (χ0n) is 15.2. The van der Waals surface area contributed by atoms with Gasteiger partial charge in [-0.3, -0.25) is 4.79 Å². The van der Waals surface area contributed by atoms with E-state index in [4.69, 9.17) is 4.74 Å². The number of alkyl halides is 1. The number of carbonyl (C=O) groups excluding carboxylic acids is 1. The van der Waals surface area contributed by atoms with Crippen molar-refractivity contribution in [2.45, 2.75) is 96.8 Å². The van der Waals surface area contributed by atoms with Crippen molar-refractivity contribution < 1.29 is 9.53 Å². The van der Waals surface area contributed by atoms with Gasteiger partial charge in [0.15, 0.2) is 0 Å². The highest BCUT2D eigenvalue weighted by Crippen LogP contribution is 2.10. The van der Waals surface area contributed by atoms with Crippen LogP contribution in [-0.4, -0.2) is 17.9 Å². The molecule has 0 N–H and O–H groups in total. The molecule has 0 heterocycles. The summed E-state index contributed by atoms with van der Waals surface area (Å²) in [7, 11) is 0. The van der Waals surface area contributed by atoms with E-state index in [-0.39, 0.29) is 5.97 Å². The molecule has 0 aromatic carbocycles. The molecular formula is C20H37BrO2. The average molecular weight is 389 g/mol. The van der Waals surface area contributed by atoms with Crippen LogP contribution in [0.25, 0.3) is 0 Å². The number of carbonyl (C=O) groups is 1. The van der Waals surface area contributed by atoms with E-state index in [1.807, 2.05) is 0 Å². The van der Waals surface area contributed by atoms with Crippen molar-refractivity contribution in [3.8, 4) is 0 Å². The fourth-order valence-electron chi connectivity index (χ4n) is 2.57. The van der Waals surface area contributed by atoms with Gasteiger partial charge in [-0.2, -0.15) is 0 Å².